The van der Waals surface area contributed by atoms with Gasteiger partial charge >= 0.3 is 0 Å². The maximum absolute atomic E-state index is 12.8. The fourth-order valence-corrected chi connectivity index (χ4v) is 3.81. The lowest BCUT2D eigenvalue weighted by atomic mass is 10.1. The summed E-state index contributed by atoms with van der Waals surface area (Å²) >= 11 is 0. The molecule has 2 heterocycles. The number of hydrogen-bond donors (Lipinski definition) is 0. The van der Waals surface area contributed by atoms with Crippen LogP contribution in [0, 0.1) is 0 Å². The molecule has 0 spiro atoms. The number of rotatable bonds is 4. The van der Waals surface area contributed by atoms with Gasteiger partial charge in [0.05, 0.1) is 6.04 Å². The SMILES string of the molecule is CC(=O)N1CCN(C(=O)C(C)N2CCN(Cc3ccccc3)CC2)CC1. The minimum absolute atomic E-state index is 0.0854. The number of nitrogens with zero attached hydrogens (tertiary/aromatic N) is 4. The van der Waals surface area contributed by atoms with Crippen LogP contribution in [0.1, 0.15) is 19.4 Å². The highest BCUT2D eigenvalue weighted by molar-refractivity contribution is 5.82. The molecule has 6 nitrogen and oxygen atoms in total. The van der Waals surface area contributed by atoms with E-state index in [-0.39, 0.29) is 17.9 Å². The lowest BCUT2D eigenvalue weighted by Gasteiger charge is -2.41. The van der Waals surface area contributed by atoms with E-state index in [1.165, 1.54) is 5.56 Å². The van der Waals surface area contributed by atoms with Crippen molar-refractivity contribution in [2.45, 2.75) is 26.4 Å². The first-order chi connectivity index (χ1) is 12.5. The van der Waals surface area contributed by atoms with Crippen LogP contribution < -0.4 is 0 Å². The van der Waals surface area contributed by atoms with Crippen LogP contribution in [0.15, 0.2) is 30.3 Å². The number of benzene rings is 1. The molecular formula is C20H30N4O2. The predicted octanol–water partition coefficient (Wildman–Crippen LogP) is 0.883. The molecule has 3 rings (SSSR count). The Bertz CT molecular complexity index is 605. The number of hydrogen-bond acceptors (Lipinski definition) is 4. The zero-order valence-corrected chi connectivity index (χ0v) is 15.9. The second-order valence-corrected chi connectivity index (χ2v) is 7.31. The van der Waals surface area contributed by atoms with Crippen molar-refractivity contribution in [1.82, 2.24) is 19.6 Å². The molecule has 2 saturated heterocycles. The lowest BCUT2D eigenvalue weighted by molar-refractivity contribution is -0.142. The predicted molar refractivity (Wildman–Crippen MR) is 102 cm³/mol. The van der Waals surface area contributed by atoms with Gasteiger partial charge in [0, 0.05) is 65.8 Å². The molecule has 0 radical (unpaired) electrons. The molecule has 1 aromatic rings. The number of amides is 2. The monoisotopic (exact) mass is 358 g/mol. The molecule has 2 amide bonds. The van der Waals surface area contributed by atoms with Crippen LogP contribution in [-0.4, -0.2) is 89.8 Å². The maximum Gasteiger partial charge on any atom is 0.239 e. The van der Waals surface area contributed by atoms with E-state index in [9.17, 15) is 9.59 Å². The van der Waals surface area contributed by atoms with Gasteiger partial charge in [0.1, 0.15) is 0 Å². The highest BCUT2D eigenvalue weighted by Crippen LogP contribution is 2.13. The van der Waals surface area contributed by atoms with Gasteiger partial charge in [0.25, 0.3) is 0 Å². The normalized spacial score (nSPS) is 20.8. The van der Waals surface area contributed by atoms with E-state index in [2.05, 4.69) is 34.1 Å². The highest BCUT2D eigenvalue weighted by Gasteiger charge is 2.30. The molecule has 2 aliphatic rings. The third kappa shape index (κ3) is 4.62. The van der Waals surface area contributed by atoms with Crippen molar-refractivity contribution >= 4 is 11.8 Å². The Morgan fingerprint density at radius 1 is 0.885 bits per heavy atom. The largest absolute Gasteiger partial charge is 0.339 e. The van der Waals surface area contributed by atoms with Crippen LogP contribution in [0.3, 0.4) is 0 Å². The highest BCUT2D eigenvalue weighted by atomic mass is 16.2. The van der Waals surface area contributed by atoms with E-state index < -0.39 is 0 Å². The van der Waals surface area contributed by atoms with Crippen LogP contribution in [0.2, 0.25) is 0 Å². The average molecular weight is 358 g/mol. The lowest BCUT2D eigenvalue weighted by Crippen LogP contribution is -2.57. The Balaban J connectivity index is 1.45. The summed E-state index contributed by atoms with van der Waals surface area (Å²) in [5.74, 6) is 0.296. The van der Waals surface area contributed by atoms with Gasteiger partial charge in [-0.25, -0.2) is 0 Å². The summed E-state index contributed by atoms with van der Waals surface area (Å²) < 4.78 is 0. The van der Waals surface area contributed by atoms with Crippen molar-refractivity contribution in [2.24, 2.45) is 0 Å². The second-order valence-electron chi connectivity index (χ2n) is 7.31. The minimum atomic E-state index is -0.0854. The molecule has 2 fully saturated rings. The van der Waals surface area contributed by atoms with E-state index in [1.54, 1.807) is 6.92 Å². The Hall–Kier alpha value is -1.92. The van der Waals surface area contributed by atoms with E-state index in [1.807, 2.05) is 22.8 Å². The summed E-state index contributed by atoms with van der Waals surface area (Å²) in [5, 5.41) is 0. The molecule has 6 heteroatoms. The molecule has 2 aliphatic heterocycles. The Kier molecular flexibility index (Phi) is 6.27. The van der Waals surface area contributed by atoms with Gasteiger partial charge in [-0.3, -0.25) is 19.4 Å². The zero-order valence-electron chi connectivity index (χ0n) is 15.9. The zero-order chi connectivity index (χ0) is 18.5. The second kappa shape index (κ2) is 8.64. The van der Waals surface area contributed by atoms with Gasteiger partial charge in [0.15, 0.2) is 0 Å². The molecule has 142 valence electrons. The molecule has 0 saturated carbocycles. The summed E-state index contributed by atoms with van der Waals surface area (Å²) in [4.78, 5) is 32.7. The van der Waals surface area contributed by atoms with Crippen LogP contribution in [-0.2, 0) is 16.1 Å². The first-order valence-corrected chi connectivity index (χ1v) is 9.59. The van der Waals surface area contributed by atoms with Gasteiger partial charge in [-0.05, 0) is 12.5 Å². The minimum Gasteiger partial charge on any atom is -0.339 e. The molecule has 0 aromatic heterocycles. The van der Waals surface area contributed by atoms with Crippen LogP contribution in [0.5, 0.6) is 0 Å². The summed E-state index contributed by atoms with van der Waals surface area (Å²) in [5.41, 5.74) is 1.34. The van der Waals surface area contributed by atoms with Gasteiger partial charge in [-0.2, -0.15) is 0 Å². The Morgan fingerprint density at radius 3 is 2.04 bits per heavy atom. The molecule has 0 bridgehead atoms. The molecule has 1 atom stereocenters. The maximum atomic E-state index is 12.8. The fourth-order valence-electron chi connectivity index (χ4n) is 3.81. The van der Waals surface area contributed by atoms with Gasteiger partial charge < -0.3 is 9.80 Å². The first-order valence-electron chi connectivity index (χ1n) is 9.59. The summed E-state index contributed by atoms with van der Waals surface area (Å²) in [6, 6.07) is 10.5. The number of piperazine rings is 2. The van der Waals surface area contributed by atoms with Gasteiger partial charge in [0.2, 0.25) is 11.8 Å². The topological polar surface area (TPSA) is 47.1 Å². The molecular weight excluding hydrogens is 328 g/mol. The first kappa shape index (κ1) is 18.9. The van der Waals surface area contributed by atoms with E-state index >= 15 is 0 Å². The Morgan fingerprint density at radius 2 is 1.46 bits per heavy atom. The summed E-state index contributed by atoms with van der Waals surface area (Å²) in [6.45, 7) is 11.0. The molecule has 26 heavy (non-hydrogen) atoms. The quantitative estimate of drug-likeness (QED) is 0.802. The van der Waals surface area contributed by atoms with Crippen LogP contribution in [0.4, 0.5) is 0 Å². The van der Waals surface area contributed by atoms with Crippen molar-refractivity contribution in [2.75, 3.05) is 52.4 Å². The number of carbonyl (C=O) groups is 2. The van der Waals surface area contributed by atoms with E-state index in [4.69, 9.17) is 0 Å². The van der Waals surface area contributed by atoms with Crippen molar-refractivity contribution in [3.8, 4) is 0 Å². The molecule has 0 aliphatic carbocycles. The third-order valence-corrected chi connectivity index (χ3v) is 5.60. The number of carbonyl (C=O) groups excluding carboxylic acids is 2. The van der Waals surface area contributed by atoms with Crippen LogP contribution in [0.25, 0.3) is 0 Å². The summed E-state index contributed by atoms with van der Waals surface area (Å²) in [7, 11) is 0. The molecule has 0 N–H and O–H groups in total. The Labute approximate surface area is 156 Å². The average Bonchev–Trinajstić information content (AvgIpc) is 2.68. The molecule has 1 aromatic carbocycles. The third-order valence-electron chi connectivity index (χ3n) is 5.60. The summed E-state index contributed by atoms with van der Waals surface area (Å²) in [6.07, 6.45) is 0. The van der Waals surface area contributed by atoms with Crippen molar-refractivity contribution in [3.63, 3.8) is 0 Å². The van der Waals surface area contributed by atoms with Crippen molar-refractivity contribution in [1.29, 1.82) is 0 Å². The van der Waals surface area contributed by atoms with Gasteiger partial charge in [-0.1, -0.05) is 30.3 Å². The van der Waals surface area contributed by atoms with Gasteiger partial charge in [-0.15, -0.1) is 0 Å². The van der Waals surface area contributed by atoms with E-state index in [0.29, 0.717) is 26.2 Å². The standard InChI is InChI=1S/C20H30N4O2/c1-17(20(26)24-14-12-23(13-15-24)18(2)25)22-10-8-21(9-11-22)16-19-6-4-3-5-7-19/h3-7,17H,8-16H2,1-2H3. The van der Waals surface area contributed by atoms with Crippen molar-refractivity contribution < 1.29 is 9.59 Å². The van der Waals surface area contributed by atoms with Crippen molar-refractivity contribution in [3.05, 3.63) is 35.9 Å². The smallest absolute Gasteiger partial charge is 0.239 e. The van der Waals surface area contributed by atoms with E-state index in [0.717, 1.165) is 32.7 Å². The molecule has 1 unspecified atom stereocenters. The van der Waals surface area contributed by atoms with Crippen LogP contribution >= 0.6 is 0 Å². The fraction of sp³-hybridized carbons (Fsp3) is 0.600.